The van der Waals surface area contributed by atoms with Crippen molar-refractivity contribution in [2.75, 3.05) is 12.0 Å². The van der Waals surface area contributed by atoms with Gasteiger partial charge >= 0.3 is 0 Å². The third-order valence-corrected chi connectivity index (χ3v) is 2.81. The average molecular weight is 213 g/mol. The summed E-state index contributed by atoms with van der Waals surface area (Å²) >= 11 is 1.83. The van der Waals surface area contributed by atoms with Crippen LogP contribution in [0.2, 0.25) is 0 Å². The maximum absolute atomic E-state index is 4.25. The van der Waals surface area contributed by atoms with Gasteiger partial charge in [-0.1, -0.05) is 0 Å². The molecule has 0 saturated carbocycles. The third kappa shape index (κ3) is 3.25. The molecule has 2 N–H and O–H groups in total. The van der Waals surface area contributed by atoms with E-state index in [2.05, 4.69) is 48.7 Å². The molecule has 1 aliphatic rings. The van der Waals surface area contributed by atoms with Crippen LogP contribution in [0.1, 0.15) is 20.8 Å². The van der Waals surface area contributed by atoms with Crippen molar-refractivity contribution in [2.24, 2.45) is 4.99 Å². The Bertz CT molecular complexity index is 248. The molecule has 0 aliphatic carbocycles. The van der Waals surface area contributed by atoms with Gasteiger partial charge in [-0.05, 0) is 33.1 Å². The molecule has 0 aromatic carbocycles. The molecule has 4 heteroatoms. The zero-order valence-electron chi connectivity index (χ0n) is 9.29. The zero-order valence-corrected chi connectivity index (χ0v) is 10.1. The molecule has 0 saturated heterocycles. The van der Waals surface area contributed by atoms with Gasteiger partial charge in [-0.3, -0.25) is 0 Å². The van der Waals surface area contributed by atoms with Gasteiger partial charge in [-0.25, -0.2) is 4.99 Å². The molecule has 3 nitrogen and oxygen atoms in total. The minimum Gasteiger partial charge on any atom is -0.354 e. The van der Waals surface area contributed by atoms with Gasteiger partial charge in [0.05, 0.1) is 5.54 Å². The largest absolute Gasteiger partial charge is 0.354 e. The molecule has 0 bridgehead atoms. The van der Waals surface area contributed by atoms with E-state index in [1.54, 1.807) is 0 Å². The molecule has 0 amide bonds. The lowest BCUT2D eigenvalue weighted by Crippen LogP contribution is -2.54. The summed E-state index contributed by atoms with van der Waals surface area (Å²) in [6, 6.07) is 0.409. The number of nitrogens with one attached hydrogen (secondary N) is 2. The monoisotopic (exact) mass is 213 g/mol. The van der Waals surface area contributed by atoms with E-state index < -0.39 is 0 Å². The molecule has 80 valence electrons. The summed E-state index contributed by atoms with van der Waals surface area (Å²) in [6.45, 7) is 6.39. The van der Waals surface area contributed by atoms with Crippen molar-refractivity contribution in [3.8, 4) is 0 Å². The number of guanidine groups is 1. The van der Waals surface area contributed by atoms with E-state index in [4.69, 9.17) is 0 Å². The van der Waals surface area contributed by atoms with Crippen LogP contribution in [0.3, 0.4) is 0 Å². The van der Waals surface area contributed by atoms with Crippen LogP contribution in [0.4, 0.5) is 0 Å². The maximum Gasteiger partial charge on any atom is 0.196 e. The number of hydrogen-bond acceptors (Lipinski definition) is 4. The lowest BCUT2D eigenvalue weighted by molar-refractivity contribution is 0.554. The first kappa shape index (κ1) is 11.4. The van der Waals surface area contributed by atoms with Gasteiger partial charge < -0.3 is 10.6 Å². The Labute approximate surface area is 90.4 Å². The first-order valence-corrected chi connectivity index (χ1v) is 6.24. The highest BCUT2D eigenvalue weighted by Crippen LogP contribution is 2.15. The van der Waals surface area contributed by atoms with Crippen LogP contribution in [0.5, 0.6) is 0 Å². The second-order valence-corrected chi connectivity index (χ2v) is 4.93. The molecule has 0 fully saturated rings. The summed E-state index contributed by atoms with van der Waals surface area (Å²) in [6.07, 6.45) is 6.09. The predicted molar refractivity (Wildman–Crippen MR) is 64.8 cm³/mol. The molecule has 14 heavy (non-hydrogen) atoms. The number of hydrogen-bond donors (Lipinski definition) is 2. The molecule has 0 radical (unpaired) electrons. The minimum atomic E-state index is 0.0262. The number of nitrogens with zero attached hydrogens (tertiary/aromatic N) is 1. The Hall–Kier alpha value is -0.640. The first-order valence-electron chi connectivity index (χ1n) is 4.85. The van der Waals surface area contributed by atoms with E-state index in [1.165, 1.54) is 0 Å². The topological polar surface area (TPSA) is 36.4 Å². The van der Waals surface area contributed by atoms with Gasteiger partial charge in [0, 0.05) is 18.0 Å². The number of aliphatic imine (C=N–C) groups is 1. The Morgan fingerprint density at radius 3 is 2.93 bits per heavy atom. The van der Waals surface area contributed by atoms with Gasteiger partial charge in [-0.15, -0.1) is 0 Å². The highest BCUT2D eigenvalue weighted by atomic mass is 32.2. The molecule has 0 aromatic heterocycles. The quantitative estimate of drug-likeness (QED) is 0.747. The summed E-state index contributed by atoms with van der Waals surface area (Å²) in [5.41, 5.74) is 0.0262. The average Bonchev–Trinajstić information content (AvgIpc) is 2.02. The lowest BCUT2D eigenvalue weighted by atomic mass is 10.1. The second kappa shape index (κ2) is 4.73. The van der Waals surface area contributed by atoms with Crippen LogP contribution >= 0.6 is 11.8 Å². The molecule has 1 unspecified atom stereocenters. The maximum atomic E-state index is 4.25. The molecule has 1 atom stereocenters. The van der Waals surface area contributed by atoms with Crippen LogP contribution in [-0.2, 0) is 0 Å². The molecule has 0 spiro atoms. The van der Waals surface area contributed by atoms with Gasteiger partial charge in [0.1, 0.15) is 0 Å². The van der Waals surface area contributed by atoms with E-state index >= 15 is 0 Å². The molecular weight excluding hydrogens is 194 g/mol. The van der Waals surface area contributed by atoms with E-state index in [1.807, 2.05) is 18.0 Å². The van der Waals surface area contributed by atoms with Crippen LogP contribution in [-0.4, -0.2) is 29.5 Å². The zero-order chi connectivity index (χ0) is 10.6. The Morgan fingerprint density at radius 1 is 1.64 bits per heavy atom. The van der Waals surface area contributed by atoms with Crippen molar-refractivity contribution in [1.82, 2.24) is 10.6 Å². The summed E-state index contributed by atoms with van der Waals surface area (Å²) < 4.78 is 0. The number of rotatable bonds is 3. The van der Waals surface area contributed by atoms with Crippen molar-refractivity contribution >= 4 is 17.7 Å². The molecule has 1 rings (SSSR count). The standard InChI is InChI=1S/C10H19N3S/c1-8(2)12-9-11-6-5-10(3,13-9)7-14-4/h5-6,8H,7H2,1-4H3,(H2,11,12,13). The lowest BCUT2D eigenvalue weighted by Gasteiger charge is -2.31. The fraction of sp³-hybridized carbons (Fsp3) is 0.700. The Morgan fingerprint density at radius 2 is 2.36 bits per heavy atom. The van der Waals surface area contributed by atoms with Gasteiger partial charge in [0.2, 0.25) is 0 Å². The minimum absolute atomic E-state index is 0.0262. The van der Waals surface area contributed by atoms with Crippen molar-refractivity contribution in [2.45, 2.75) is 32.4 Å². The van der Waals surface area contributed by atoms with Gasteiger partial charge in [0.15, 0.2) is 5.96 Å². The third-order valence-electron chi connectivity index (χ3n) is 1.92. The molecule has 0 aromatic rings. The van der Waals surface area contributed by atoms with Crippen molar-refractivity contribution in [3.63, 3.8) is 0 Å². The number of thioether (sulfide) groups is 1. The predicted octanol–water partition coefficient (Wildman–Crippen LogP) is 1.58. The fourth-order valence-corrected chi connectivity index (χ4v) is 2.12. The van der Waals surface area contributed by atoms with E-state index in [0.717, 1.165) is 11.7 Å². The van der Waals surface area contributed by atoms with Gasteiger partial charge in [0.25, 0.3) is 0 Å². The summed E-state index contributed by atoms with van der Waals surface area (Å²) in [5, 5.41) is 6.67. The highest BCUT2D eigenvalue weighted by Gasteiger charge is 2.23. The van der Waals surface area contributed by atoms with Crippen LogP contribution in [0, 0.1) is 0 Å². The molecule has 1 heterocycles. The summed E-state index contributed by atoms with van der Waals surface area (Å²) in [7, 11) is 0. The Balaban J connectivity index is 2.58. The fourth-order valence-electron chi connectivity index (χ4n) is 1.35. The van der Waals surface area contributed by atoms with E-state index in [9.17, 15) is 0 Å². The Kier molecular flexibility index (Phi) is 3.86. The molecule has 1 aliphatic heterocycles. The van der Waals surface area contributed by atoms with Crippen LogP contribution in [0.25, 0.3) is 0 Å². The SMILES string of the molecule is CSCC1(C)C=CN=C(NC(C)C)N1. The molecular formula is C10H19N3S. The van der Waals surface area contributed by atoms with E-state index in [-0.39, 0.29) is 5.54 Å². The van der Waals surface area contributed by atoms with Crippen LogP contribution in [0.15, 0.2) is 17.3 Å². The van der Waals surface area contributed by atoms with Crippen molar-refractivity contribution in [1.29, 1.82) is 0 Å². The summed E-state index contributed by atoms with van der Waals surface area (Å²) in [5.74, 6) is 1.92. The van der Waals surface area contributed by atoms with Crippen molar-refractivity contribution < 1.29 is 0 Å². The highest BCUT2D eigenvalue weighted by molar-refractivity contribution is 7.98. The summed E-state index contributed by atoms with van der Waals surface area (Å²) in [4.78, 5) is 4.25. The van der Waals surface area contributed by atoms with E-state index in [0.29, 0.717) is 6.04 Å². The normalized spacial score (nSPS) is 25.9. The van der Waals surface area contributed by atoms with Crippen molar-refractivity contribution in [3.05, 3.63) is 12.3 Å². The second-order valence-electron chi connectivity index (χ2n) is 4.07. The first-order chi connectivity index (χ1) is 6.56. The van der Waals surface area contributed by atoms with Crippen LogP contribution < -0.4 is 10.6 Å². The smallest absolute Gasteiger partial charge is 0.196 e. The van der Waals surface area contributed by atoms with Gasteiger partial charge in [-0.2, -0.15) is 11.8 Å².